The molecular weight excluding hydrogens is 292 g/mol. The van der Waals surface area contributed by atoms with E-state index in [2.05, 4.69) is 15.4 Å². The smallest absolute Gasteiger partial charge is 0.267 e. The summed E-state index contributed by atoms with van der Waals surface area (Å²) in [6.45, 7) is 0.713. The molecule has 0 aromatic carbocycles. The van der Waals surface area contributed by atoms with E-state index in [9.17, 15) is 4.79 Å². The number of rotatable bonds is 5. The fraction of sp³-hybridized carbons (Fsp3) is 0.588. The predicted molar refractivity (Wildman–Crippen MR) is 85.1 cm³/mol. The minimum Gasteiger partial charge on any atom is -0.447 e. The van der Waals surface area contributed by atoms with Crippen LogP contribution in [0, 0.1) is 0 Å². The Balaban J connectivity index is 1.35. The molecule has 6 nitrogen and oxygen atoms in total. The van der Waals surface area contributed by atoms with Gasteiger partial charge in [0.05, 0.1) is 24.5 Å². The number of hydrogen-bond acceptors (Lipinski definition) is 5. The van der Waals surface area contributed by atoms with Crippen molar-refractivity contribution in [3.8, 4) is 0 Å². The zero-order valence-electron chi connectivity index (χ0n) is 13.1. The molecule has 0 aliphatic heterocycles. The first-order valence-corrected chi connectivity index (χ1v) is 8.50. The second-order valence-corrected chi connectivity index (χ2v) is 6.67. The lowest BCUT2D eigenvalue weighted by molar-refractivity contribution is 0.263. The maximum Gasteiger partial charge on any atom is 0.267 e. The van der Waals surface area contributed by atoms with E-state index in [-0.39, 0.29) is 11.6 Å². The highest BCUT2D eigenvalue weighted by Gasteiger charge is 2.28. The van der Waals surface area contributed by atoms with Crippen LogP contribution in [-0.2, 0) is 6.54 Å². The molecule has 1 N–H and O–H groups in total. The highest BCUT2D eigenvalue weighted by atomic mass is 16.3. The lowest BCUT2D eigenvalue weighted by atomic mass is 9.91. The van der Waals surface area contributed by atoms with E-state index in [1.54, 1.807) is 16.9 Å². The molecule has 2 fully saturated rings. The monoisotopic (exact) mass is 314 g/mol. The standard InChI is InChI=1S/C17H22N4O2/c22-17-8-7-16(12-1-2-12)20-21(17)14-5-3-13(4-6-14)19-10-15-9-18-11-23-15/h7-9,11-14,19H,1-6,10H2. The Kier molecular flexibility index (Phi) is 3.99. The van der Waals surface area contributed by atoms with Crippen molar-refractivity contribution in [3.63, 3.8) is 0 Å². The van der Waals surface area contributed by atoms with Crippen molar-refractivity contribution < 1.29 is 4.42 Å². The molecule has 2 aromatic heterocycles. The van der Waals surface area contributed by atoms with Crippen molar-refractivity contribution in [1.82, 2.24) is 20.1 Å². The molecule has 2 aliphatic carbocycles. The van der Waals surface area contributed by atoms with Gasteiger partial charge < -0.3 is 9.73 Å². The Bertz CT molecular complexity index is 698. The van der Waals surface area contributed by atoms with Gasteiger partial charge in [-0.15, -0.1) is 0 Å². The number of oxazole rings is 1. The molecular formula is C17H22N4O2. The van der Waals surface area contributed by atoms with Gasteiger partial charge in [0, 0.05) is 18.0 Å². The third-order valence-electron chi connectivity index (χ3n) is 4.93. The van der Waals surface area contributed by atoms with Crippen LogP contribution in [-0.4, -0.2) is 20.8 Å². The normalized spacial score (nSPS) is 24.7. The van der Waals surface area contributed by atoms with Gasteiger partial charge in [-0.25, -0.2) is 9.67 Å². The van der Waals surface area contributed by atoms with Crippen LogP contribution in [0.15, 0.2) is 33.9 Å². The lowest BCUT2D eigenvalue weighted by Gasteiger charge is -2.29. The van der Waals surface area contributed by atoms with E-state index in [0.29, 0.717) is 18.5 Å². The SMILES string of the molecule is O=c1ccc(C2CC2)nn1C1CCC(NCc2cnco2)CC1. The first-order chi connectivity index (χ1) is 11.3. The average Bonchev–Trinajstić information content (AvgIpc) is 3.30. The van der Waals surface area contributed by atoms with Crippen molar-refractivity contribution in [1.29, 1.82) is 0 Å². The Morgan fingerprint density at radius 2 is 2.00 bits per heavy atom. The van der Waals surface area contributed by atoms with Gasteiger partial charge in [-0.2, -0.15) is 5.10 Å². The summed E-state index contributed by atoms with van der Waals surface area (Å²) in [5, 5.41) is 8.14. The van der Waals surface area contributed by atoms with Crippen LogP contribution >= 0.6 is 0 Å². The molecule has 0 spiro atoms. The summed E-state index contributed by atoms with van der Waals surface area (Å²) in [4.78, 5) is 16.1. The number of nitrogens with one attached hydrogen (secondary N) is 1. The first-order valence-electron chi connectivity index (χ1n) is 8.50. The molecule has 0 atom stereocenters. The van der Waals surface area contributed by atoms with Gasteiger partial charge >= 0.3 is 0 Å². The van der Waals surface area contributed by atoms with E-state index < -0.39 is 0 Å². The molecule has 23 heavy (non-hydrogen) atoms. The predicted octanol–water partition coefficient (Wildman–Crippen LogP) is 2.38. The van der Waals surface area contributed by atoms with Crippen LogP contribution in [0.25, 0.3) is 0 Å². The molecule has 0 radical (unpaired) electrons. The van der Waals surface area contributed by atoms with Crippen molar-refractivity contribution in [2.24, 2.45) is 0 Å². The Labute approximate surface area is 134 Å². The Morgan fingerprint density at radius 3 is 2.70 bits per heavy atom. The summed E-state index contributed by atoms with van der Waals surface area (Å²) < 4.78 is 6.98. The third kappa shape index (κ3) is 3.37. The van der Waals surface area contributed by atoms with Gasteiger partial charge in [0.15, 0.2) is 6.39 Å². The van der Waals surface area contributed by atoms with E-state index in [1.165, 1.54) is 19.2 Å². The minimum atomic E-state index is 0.0347. The van der Waals surface area contributed by atoms with Gasteiger partial charge in [0.1, 0.15) is 5.76 Å². The quantitative estimate of drug-likeness (QED) is 0.917. The van der Waals surface area contributed by atoms with Gasteiger partial charge in [0.2, 0.25) is 0 Å². The van der Waals surface area contributed by atoms with Crippen LogP contribution in [0.1, 0.15) is 61.9 Å². The van der Waals surface area contributed by atoms with Crippen LogP contribution in [0.2, 0.25) is 0 Å². The van der Waals surface area contributed by atoms with Crippen molar-refractivity contribution in [2.75, 3.05) is 0 Å². The molecule has 2 aromatic rings. The van der Waals surface area contributed by atoms with Gasteiger partial charge in [-0.05, 0) is 44.6 Å². The van der Waals surface area contributed by atoms with E-state index in [1.807, 2.05) is 6.07 Å². The maximum absolute atomic E-state index is 12.1. The third-order valence-corrected chi connectivity index (χ3v) is 4.93. The highest BCUT2D eigenvalue weighted by Crippen LogP contribution is 2.38. The molecule has 6 heteroatoms. The van der Waals surface area contributed by atoms with Crippen molar-refractivity contribution >= 4 is 0 Å². The molecule has 2 saturated carbocycles. The Morgan fingerprint density at radius 1 is 1.17 bits per heavy atom. The summed E-state index contributed by atoms with van der Waals surface area (Å²) in [5.41, 5.74) is 1.13. The number of nitrogens with zero attached hydrogens (tertiary/aromatic N) is 3. The van der Waals surface area contributed by atoms with Gasteiger partial charge in [-0.3, -0.25) is 4.79 Å². The van der Waals surface area contributed by atoms with Gasteiger partial charge in [0.25, 0.3) is 5.56 Å². The van der Waals surface area contributed by atoms with E-state index >= 15 is 0 Å². The molecule has 0 saturated heterocycles. The molecule has 2 heterocycles. The zero-order chi connectivity index (χ0) is 15.6. The summed E-state index contributed by atoms with van der Waals surface area (Å²) in [6.07, 6.45) is 9.72. The van der Waals surface area contributed by atoms with Crippen LogP contribution < -0.4 is 10.9 Å². The first kappa shape index (κ1) is 14.6. The summed E-state index contributed by atoms with van der Waals surface area (Å²) in [7, 11) is 0. The average molecular weight is 314 g/mol. The maximum atomic E-state index is 12.1. The molecule has 2 aliphatic rings. The Hall–Kier alpha value is -1.95. The van der Waals surface area contributed by atoms with Crippen LogP contribution in [0.3, 0.4) is 0 Å². The molecule has 4 rings (SSSR count). The second-order valence-electron chi connectivity index (χ2n) is 6.67. The molecule has 0 unspecified atom stereocenters. The zero-order valence-corrected chi connectivity index (χ0v) is 13.1. The number of aromatic nitrogens is 3. The summed E-state index contributed by atoms with van der Waals surface area (Å²) in [6, 6.07) is 4.30. The topological polar surface area (TPSA) is 73.0 Å². The minimum absolute atomic E-state index is 0.0347. The fourth-order valence-corrected chi connectivity index (χ4v) is 3.40. The van der Waals surface area contributed by atoms with Crippen molar-refractivity contribution in [2.45, 2.75) is 63.1 Å². The van der Waals surface area contributed by atoms with Crippen LogP contribution in [0.4, 0.5) is 0 Å². The molecule has 0 bridgehead atoms. The second kappa shape index (κ2) is 6.28. The van der Waals surface area contributed by atoms with E-state index in [4.69, 9.17) is 4.42 Å². The molecule has 0 amide bonds. The highest BCUT2D eigenvalue weighted by molar-refractivity contribution is 5.13. The summed E-state index contributed by atoms with van der Waals surface area (Å²) in [5.74, 6) is 1.45. The van der Waals surface area contributed by atoms with Crippen LogP contribution in [0.5, 0.6) is 0 Å². The number of hydrogen-bond donors (Lipinski definition) is 1. The lowest BCUT2D eigenvalue weighted by Crippen LogP contribution is -2.36. The van der Waals surface area contributed by atoms with E-state index in [0.717, 1.165) is 37.1 Å². The van der Waals surface area contributed by atoms with Gasteiger partial charge in [-0.1, -0.05) is 0 Å². The largest absolute Gasteiger partial charge is 0.447 e. The van der Waals surface area contributed by atoms with Crippen molar-refractivity contribution in [3.05, 3.63) is 46.5 Å². The fourth-order valence-electron chi connectivity index (χ4n) is 3.40. The molecule has 122 valence electrons. The summed E-state index contributed by atoms with van der Waals surface area (Å²) >= 11 is 0.